The van der Waals surface area contributed by atoms with E-state index in [9.17, 15) is 14.0 Å². The van der Waals surface area contributed by atoms with Crippen LogP contribution in [0, 0.1) is 0 Å². The lowest BCUT2D eigenvalue weighted by Crippen LogP contribution is -2.49. The number of likely N-dealkylation sites (tertiary alicyclic amines) is 1. The zero-order valence-electron chi connectivity index (χ0n) is 13.4. The molecule has 0 aromatic heterocycles. The molecule has 1 heterocycles. The maximum absolute atomic E-state index is 14.8. The van der Waals surface area contributed by atoms with E-state index >= 15 is 0 Å². The molecule has 1 aliphatic heterocycles. The third kappa shape index (κ3) is 6.31. The molecular formula is C15H26FNO4. The number of carbonyl (C=O) groups is 2. The van der Waals surface area contributed by atoms with Crippen LogP contribution in [0.25, 0.3) is 0 Å². The number of hydrogen-bond donors (Lipinski definition) is 0. The van der Waals surface area contributed by atoms with Crippen LogP contribution in [0.2, 0.25) is 0 Å². The van der Waals surface area contributed by atoms with E-state index in [2.05, 4.69) is 0 Å². The van der Waals surface area contributed by atoms with Crippen molar-refractivity contribution < 1.29 is 23.5 Å². The van der Waals surface area contributed by atoms with Crippen LogP contribution in [-0.2, 0) is 14.3 Å². The lowest BCUT2D eigenvalue weighted by molar-refractivity contribution is -0.144. The monoisotopic (exact) mass is 303 g/mol. The molecule has 0 aliphatic carbocycles. The number of rotatable bonds is 4. The number of amides is 1. The number of alkyl halides is 1. The lowest BCUT2D eigenvalue weighted by Gasteiger charge is -2.37. The van der Waals surface area contributed by atoms with Gasteiger partial charge in [0.25, 0.3) is 0 Å². The molecule has 0 spiro atoms. The average Bonchev–Trinajstić information content (AvgIpc) is 2.35. The topological polar surface area (TPSA) is 55.8 Å². The highest BCUT2D eigenvalue weighted by Gasteiger charge is 2.38. The van der Waals surface area contributed by atoms with Gasteiger partial charge in [-0.3, -0.25) is 4.79 Å². The number of carbonyl (C=O) groups excluding carboxylic acids is 2. The lowest BCUT2D eigenvalue weighted by atomic mass is 9.90. The smallest absolute Gasteiger partial charge is 0.410 e. The van der Waals surface area contributed by atoms with Crippen LogP contribution < -0.4 is 0 Å². The van der Waals surface area contributed by atoms with E-state index in [-0.39, 0.29) is 19.4 Å². The second-order valence-corrected chi connectivity index (χ2v) is 6.46. The van der Waals surface area contributed by atoms with Gasteiger partial charge in [-0.25, -0.2) is 9.18 Å². The summed E-state index contributed by atoms with van der Waals surface area (Å²) in [5.74, 6) is -0.399. The molecule has 122 valence electrons. The fraction of sp³-hybridized carbons (Fsp3) is 0.867. The minimum Gasteiger partial charge on any atom is -0.466 e. The fourth-order valence-corrected chi connectivity index (χ4v) is 2.33. The third-order valence-corrected chi connectivity index (χ3v) is 3.26. The first-order chi connectivity index (χ1) is 9.65. The summed E-state index contributed by atoms with van der Waals surface area (Å²) in [6, 6.07) is 0. The van der Waals surface area contributed by atoms with Crippen molar-refractivity contribution in [2.45, 2.75) is 64.6 Å². The van der Waals surface area contributed by atoms with E-state index in [1.807, 2.05) is 0 Å². The number of ether oxygens (including phenoxy) is 2. The Labute approximate surface area is 125 Å². The minimum absolute atomic E-state index is 0.0265. The summed E-state index contributed by atoms with van der Waals surface area (Å²) in [7, 11) is 0. The zero-order valence-corrected chi connectivity index (χ0v) is 13.4. The Kier molecular flexibility index (Phi) is 5.98. The van der Waals surface area contributed by atoms with Crippen molar-refractivity contribution in [1.29, 1.82) is 0 Å². The van der Waals surface area contributed by atoms with E-state index < -0.39 is 23.3 Å². The summed E-state index contributed by atoms with van der Waals surface area (Å²) in [4.78, 5) is 24.7. The molecule has 5 nitrogen and oxygen atoms in total. The van der Waals surface area contributed by atoms with Gasteiger partial charge < -0.3 is 14.4 Å². The Bertz CT molecular complexity index is 380. The van der Waals surface area contributed by atoms with Crippen LogP contribution in [0.5, 0.6) is 0 Å². The van der Waals surface area contributed by atoms with Gasteiger partial charge in [0.1, 0.15) is 11.3 Å². The Morgan fingerprint density at radius 3 is 2.57 bits per heavy atom. The molecule has 0 saturated carbocycles. The van der Waals surface area contributed by atoms with Gasteiger partial charge in [0, 0.05) is 13.0 Å². The van der Waals surface area contributed by atoms with Crippen LogP contribution in [-0.4, -0.2) is 47.9 Å². The molecule has 1 amide bonds. The van der Waals surface area contributed by atoms with E-state index in [1.54, 1.807) is 27.7 Å². The molecule has 0 aromatic rings. The maximum atomic E-state index is 14.8. The second-order valence-electron chi connectivity index (χ2n) is 6.46. The predicted molar refractivity (Wildman–Crippen MR) is 76.7 cm³/mol. The molecule has 0 radical (unpaired) electrons. The highest BCUT2D eigenvalue weighted by molar-refractivity contribution is 5.70. The molecule has 21 heavy (non-hydrogen) atoms. The second kappa shape index (κ2) is 7.09. The highest BCUT2D eigenvalue weighted by Crippen LogP contribution is 2.30. The maximum Gasteiger partial charge on any atom is 0.410 e. The van der Waals surface area contributed by atoms with E-state index in [0.717, 1.165) is 0 Å². The van der Waals surface area contributed by atoms with E-state index in [0.29, 0.717) is 26.0 Å². The third-order valence-electron chi connectivity index (χ3n) is 3.26. The first kappa shape index (κ1) is 17.7. The normalized spacial score (nSPS) is 22.8. The quantitative estimate of drug-likeness (QED) is 0.749. The fourth-order valence-electron chi connectivity index (χ4n) is 2.33. The Morgan fingerprint density at radius 2 is 2.00 bits per heavy atom. The van der Waals surface area contributed by atoms with Crippen molar-refractivity contribution in [1.82, 2.24) is 4.90 Å². The molecule has 0 bridgehead atoms. The molecule has 1 atom stereocenters. The van der Waals surface area contributed by atoms with Crippen molar-refractivity contribution in [3.63, 3.8) is 0 Å². The first-order valence-corrected chi connectivity index (χ1v) is 7.48. The standard InChI is InChI=1S/C15H26FNO4/c1-5-20-12(18)7-9-15(16)8-6-10-17(11-15)13(19)21-14(2,3)4/h5-11H2,1-4H3/t15-/m1/s1. The molecule has 1 rings (SSSR count). The van der Waals surface area contributed by atoms with Crippen LogP contribution >= 0.6 is 0 Å². The molecule has 1 fully saturated rings. The van der Waals surface area contributed by atoms with Crippen molar-refractivity contribution >= 4 is 12.1 Å². The average molecular weight is 303 g/mol. The summed E-state index contributed by atoms with van der Waals surface area (Å²) in [5, 5.41) is 0. The number of esters is 1. The van der Waals surface area contributed by atoms with Gasteiger partial charge in [0.05, 0.1) is 13.2 Å². The number of piperidine rings is 1. The highest BCUT2D eigenvalue weighted by atomic mass is 19.1. The van der Waals surface area contributed by atoms with Crippen LogP contribution in [0.3, 0.4) is 0 Å². The first-order valence-electron chi connectivity index (χ1n) is 7.48. The van der Waals surface area contributed by atoms with Gasteiger partial charge in [-0.2, -0.15) is 0 Å². The van der Waals surface area contributed by atoms with Gasteiger partial charge in [0.2, 0.25) is 0 Å². The van der Waals surface area contributed by atoms with Gasteiger partial charge in [-0.15, -0.1) is 0 Å². The molecule has 6 heteroatoms. The van der Waals surface area contributed by atoms with Crippen molar-refractivity contribution in [3.05, 3.63) is 0 Å². The number of halogens is 1. The molecule has 0 aromatic carbocycles. The van der Waals surface area contributed by atoms with Crippen LogP contribution in [0.15, 0.2) is 0 Å². The Morgan fingerprint density at radius 1 is 1.33 bits per heavy atom. The summed E-state index contributed by atoms with van der Waals surface area (Å²) < 4.78 is 24.8. The molecule has 1 aliphatic rings. The number of nitrogens with zero attached hydrogens (tertiary/aromatic N) is 1. The molecule has 1 saturated heterocycles. The Balaban J connectivity index is 2.53. The van der Waals surface area contributed by atoms with Crippen molar-refractivity contribution in [3.8, 4) is 0 Å². The zero-order chi connectivity index (χ0) is 16.1. The minimum atomic E-state index is -1.54. The number of hydrogen-bond acceptors (Lipinski definition) is 4. The Hall–Kier alpha value is -1.33. The SMILES string of the molecule is CCOC(=O)CC[C@]1(F)CCCN(C(=O)OC(C)(C)C)C1. The molecule has 0 unspecified atom stereocenters. The summed E-state index contributed by atoms with van der Waals surface area (Å²) in [6.07, 6.45) is 0.530. The summed E-state index contributed by atoms with van der Waals surface area (Å²) in [6.45, 7) is 7.80. The van der Waals surface area contributed by atoms with E-state index in [1.165, 1.54) is 4.90 Å². The molecular weight excluding hydrogens is 277 g/mol. The summed E-state index contributed by atoms with van der Waals surface area (Å²) in [5.41, 5.74) is -2.14. The summed E-state index contributed by atoms with van der Waals surface area (Å²) >= 11 is 0. The van der Waals surface area contributed by atoms with Gasteiger partial charge in [-0.05, 0) is 47.0 Å². The largest absolute Gasteiger partial charge is 0.466 e. The van der Waals surface area contributed by atoms with Crippen LogP contribution in [0.1, 0.15) is 53.4 Å². The van der Waals surface area contributed by atoms with Gasteiger partial charge in [-0.1, -0.05) is 0 Å². The van der Waals surface area contributed by atoms with Crippen molar-refractivity contribution in [2.24, 2.45) is 0 Å². The van der Waals surface area contributed by atoms with Crippen molar-refractivity contribution in [2.75, 3.05) is 19.7 Å². The van der Waals surface area contributed by atoms with Gasteiger partial charge in [0.15, 0.2) is 0 Å². The van der Waals surface area contributed by atoms with Gasteiger partial charge >= 0.3 is 12.1 Å². The van der Waals surface area contributed by atoms with E-state index in [4.69, 9.17) is 9.47 Å². The van der Waals surface area contributed by atoms with Crippen LogP contribution in [0.4, 0.5) is 9.18 Å². The molecule has 0 N–H and O–H groups in total. The predicted octanol–water partition coefficient (Wildman–Crippen LogP) is 3.07.